The number of hydrogen-bond donors (Lipinski definition) is 1. The molecule has 3 aromatic rings. The first-order valence-electron chi connectivity index (χ1n) is 7.89. The van der Waals surface area contributed by atoms with Crippen LogP contribution >= 0.6 is 11.3 Å². The summed E-state index contributed by atoms with van der Waals surface area (Å²) >= 11 is 1.54. The van der Waals surface area contributed by atoms with Gasteiger partial charge in [-0.1, -0.05) is 29.8 Å². The second kappa shape index (κ2) is 7.86. The maximum absolute atomic E-state index is 12.2. The zero-order chi connectivity index (χ0) is 17.7. The molecular weight excluding hydrogens is 354 g/mol. The normalized spacial score (nSPS) is 11.6. The Morgan fingerprint density at radius 2 is 1.96 bits per heavy atom. The molecule has 0 radical (unpaired) electrons. The van der Waals surface area contributed by atoms with Gasteiger partial charge in [-0.05, 0) is 24.6 Å². The molecule has 2 aromatic heterocycles. The topological polar surface area (TPSA) is 72.0 Å². The summed E-state index contributed by atoms with van der Waals surface area (Å²) in [5.74, 6) is -0.00865. The van der Waals surface area contributed by atoms with Crippen LogP contribution in [0.5, 0.6) is 0 Å². The maximum atomic E-state index is 12.2. The first kappa shape index (κ1) is 17.7. The monoisotopic (exact) mass is 373 g/mol. The van der Waals surface area contributed by atoms with Crippen LogP contribution in [-0.2, 0) is 22.2 Å². The molecule has 0 saturated heterocycles. The van der Waals surface area contributed by atoms with Crippen molar-refractivity contribution < 1.29 is 8.42 Å². The number of sulfonamides is 1. The SMILES string of the molecule is Cc1ccc(CS(=O)(=O)NCCc2csc(-c3cccnc3)n2)cc1. The first-order valence-corrected chi connectivity index (χ1v) is 10.4. The van der Waals surface area contributed by atoms with Gasteiger partial charge in [0.05, 0.1) is 11.4 Å². The summed E-state index contributed by atoms with van der Waals surface area (Å²) < 4.78 is 27.0. The molecule has 5 nitrogen and oxygen atoms in total. The van der Waals surface area contributed by atoms with Crippen LogP contribution in [0.2, 0.25) is 0 Å². The van der Waals surface area contributed by atoms with E-state index in [1.807, 2.05) is 48.7 Å². The summed E-state index contributed by atoms with van der Waals surface area (Å²) in [6, 6.07) is 11.3. The van der Waals surface area contributed by atoms with Crippen molar-refractivity contribution >= 4 is 21.4 Å². The van der Waals surface area contributed by atoms with Crippen LogP contribution in [0, 0.1) is 6.92 Å². The number of aromatic nitrogens is 2. The van der Waals surface area contributed by atoms with Crippen LogP contribution < -0.4 is 4.72 Å². The molecule has 0 saturated carbocycles. The number of rotatable bonds is 7. The van der Waals surface area contributed by atoms with E-state index in [4.69, 9.17) is 0 Å². The van der Waals surface area contributed by atoms with E-state index in [9.17, 15) is 8.42 Å². The minimum absolute atomic E-state index is 0.00865. The van der Waals surface area contributed by atoms with Gasteiger partial charge in [-0.15, -0.1) is 11.3 Å². The Labute approximate surface area is 151 Å². The third-order valence-corrected chi connectivity index (χ3v) is 5.94. The van der Waals surface area contributed by atoms with Crippen molar-refractivity contribution in [3.63, 3.8) is 0 Å². The van der Waals surface area contributed by atoms with Gasteiger partial charge in [0.15, 0.2) is 0 Å². The molecule has 25 heavy (non-hydrogen) atoms. The zero-order valence-corrected chi connectivity index (χ0v) is 15.5. The van der Waals surface area contributed by atoms with Crippen molar-refractivity contribution in [3.8, 4) is 10.6 Å². The van der Waals surface area contributed by atoms with Crippen LogP contribution in [0.4, 0.5) is 0 Å². The Bertz CT molecular complexity index is 920. The largest absolute Gasteiger partial charge is 0.264 e. The van der Waals surface area contributed by atoms with Crippen molar-refractivity contribution in [2.24, 2.45) is 0 Å². The smallest absolute Gasteiger partial charge is 0.215 e. The number of aryl methyl sites for hydroxylation is 1. The highest BCUT2D eigenvalue weighted by atomic mass is 32.2. The Balaban J connectivity index is 1.54. The Morgan fingerprint density at radius 3 is 2.68 bits per heavy atom. The average Bonchev–Trinajstić information content (AvgIpc) is 3.06. The Hall–Kier alpha value is -2.09. The Kier molecular flexibility index (Phi) is 5.57. The van der Waals surface area contributed by atoms with E-state index in [0.717, 1.165) is 27.4 Å². The van der Waals surface area contributed by atoms with Crippen LogP contribution in [0.25, 0.3) is 10.6 Å². The van der Waals surface area contributed by atoms with Gasteiger partial charge in [-0.25, -0.2) is 18.1 Å². The van der Waals surface area contributed by atoms with E-state index in [1.165, 1.54) is 11.3 Å². The summed E-state index contributed by atoms with van der Waals surface area (Å²) in [5, 5.41) is 2.85. The number of hydrogen-bond acceptors (Lipinski definition) is 5. The molecule has 130 valence electrons. The lowest BCUT2D eigenvalue weighted by molar-refractivity contribution is 0.580. The fourth-order valence-corrected chi connectivity index (χ4v) is 4.32. The van der Waals surface area contributed by atoms with Crippen LogP contribution in [0.1, 0.15) is 16.8 Å². The lowest BCUT2D eigenvalue weighted by Crippen LogP contribution is -2.27. The molecule has 0 bridgehead atoms. The molecule has 1 N–H and O–H groups in total. The van der Waals surface area contributed by atoms with Gasteiger partial charge >= 0.3 is 0 Å². The highest BCUT2D eigenvalue weighted by Gasteiger charge is 2.12. The summed E-state index contributed by atoms with van der Waals surface area (Å²) in [5.41, 5.74) is 3.74. The standard InChI is InChI=1S/C18H19N3O2S2/c1-14-4-6-15(7-5-14)13-25(22,23)20-10-8-17-12-24-18(21-17)16-3-2-9-19-11-16/h2-7,9,11-12,20H,8,10,13H2,1H3. The van der Waals surface area contributed by atoms with Crippen molar-refractivity contribution in [2.45, 2.75) is 19.1 Å². The van der Waals surface area contributed by atoms with Crippen molar-refractivity contribution in [1.29, 1.82) is 0 Å². The molecule has 0 aliphatic heterocycles. The minimum atomic E-state index is -3.35. The zero-order valence-electron chi connectivity index (χ0n) is 13.8. The second-order valence-electron chi connectivity index (χ2n) is 5.77. The van der Waals surface area contributed by atoms with Gasteiger partial charge in [0.25, 0.3) is 0 Å². The molecule has 7 heteroatoms. The minimum Gasteiger partial charge on any atom is -0.264 e. The maximum Gasteiger partial charge on any atom is 0.215 e. The number of pyridine rings is 1. The third-order valence-electron chi connectivity index (χ3n) is 3.64. The van der Waals surface area contributed by atoms with Gasteiger partial charge in [-0.2, -0.15) is 0 Å². The lowest BCUT2D eigenvalue weighted by atomic mass is 10.2. The number of nitrogens with one attached hydrogen (secondary N) is 1. The molecule has 0 unspecified atom stereocenters. The van der Waals surface area contributed by atoms with Gasteiger partial charge in [-0.3, -0.25) is 4.98 Å². The van der Waals surface area contributed by atoms with Crippen LogP contribution in [0.3, 0.4) is 0 Å². The van der Waals surface area contributed by atoms with Crippen LogP contribution in [-0.4, -0.2) is 24.9 Å². The highest BCUT2D eigenvalue weighted by Crippen LogP contribution is 2.22. The fourth-order valence-electron chi connectivity index (χ4n) is 2.33. The molecule has 0 aliphatic carbocycles. The van der Waals surface area contributed by atoms with E-state index in [2.05, 4.69) is 14.7 Å². The van der Waals surface area contributed by atoms with E-state index < -0.39 is 10.0 Å². The fraction of sp³-hybridized carbons (Fsp3) is 0.222. The lowest BCUT2D eigenvalue weighted by Gasteiger charge is -2.06. The van der Waals surface area contributed by atoms with Crippen molar-refractivity contribution in [2.75, 3.05) is 6.54 Å². The summed E-state index contributed by atoms with van der Waals surface area (Å²) in [6.07, 6.45) is 4.05. The molecule has 0 aliphatic rings. The quantitative estimate of drug-likeness (QED) is 0.690. The molecule has 2 heterocycles. The summed E-state index contributed by atoms with van der Waals surface area (Å²) in [6.45, 7) is 2.31. The van der Waals surface area contributed by atoms with Crippen molar-refractivity contribution in [1.82, 2.24) is 14.7 Å². The van der Waals surface area contributed by atoms with Gasteiger partial charge in [0.2, 0.25) is 10.0 Å². The molecule has 0 amide bonds. The third kappa shape index (κ3) is 5.19. The number of nitrogens with zero attached hydrogens (tertiary/aromatic N) is 2. The van der Waals surface area contributed by atoms with Gasteiger partial charge in [0.1, 0.15) is 5.01 Å². The van der Waals surface area contributed by atoms with E-state index >= 15 is 0 Å². The molecule has 3 rings (SSSR count). The summed E-state index contributed by atoms with van der Waals surface area (Å²) in [4.78, 5) is 8.62. The predicted molar refractivity (Wildman–Crippen MR) is 101 cm³/mol. The number of benzene rings is 1. The van der Waals surface area contributed by atoms with Gasteiger partial charge < -0.3 is 0 Å². The van der Waals surface area contributed by atoms with E-state index in [-0.39, 0.29) is 5.75 Å². The van der Waals surface area contributed by atoms with E-state index in [1.54, 1.807) is 12.4 Å². The number of thiazole rings is 1. The highest BCUT2D eigenvalue weighted by molar-refractivity contribution is 7.88. The Morgan fingerprint density at radius 1 is 1.16 bits per heavy atom. The second-order valence-corrected chi connectivity index (χ2v) is 8.44. The van der Waals surface area contributed by atoms with E-state index in [0.29, 0.717) is 13.0 Å². The summed E-state index contributed by atoms with van der Waals surface area (Å²) in [7, 11) is -3.35. The molecule has 0 fully saturated rings. The molecular formula is C18H19N3O2S2. The van der Waals surface area contributed by atoms with Crippen LogP contribution in [0.15, 0.2) is 54.2 Å². The predicted octanol–water partition coefficient (Wildman–Crippen LogP) is 3.18. The first-order chi connectivity index (χ1) is 12.0. The molecule has 0 spiro atoms. The average molecular weight is 374 g/mol. The molecule has 0 atom stereocenters. The molecule has 1 aromatic carbocycles. The van der Waals surface area contributed by atoms with Gasteiger partial charge in [0, 0.05) is 36.3 Å². The van der Waals surface area contributed by atoms with Crippen molar-refractivity contribution in [3.05, 3.63) is 71.0 Å².